The van der Waals surface area contributed by atoms with E-state index in [1.54, 1.807) is 12.3 Å². The molecule has 4 rings (SSSR count). The molecule has 5 heteroatoms. The number of ketones is 1. The van der Waals surface area contributed by atoms with Crippen molar-refractivity contribution >= 4 is 28.3 Å². The molecule has 1 amide bonds. The highest BCUT2D eigenvalue weighted by molar-refractivity contribution is 6.48. The van der Waals surface area contributed by atoms with Gasteiger partial charge in [-0.2, -0.15) is 0 Å². The highest BCUT2D eigenvalue weighted by atomic mass is 16.2. The summed E-state index contributed by atoms with van der Waals surface area (Å²) in [4.78, 5) is 28.4. The number of amides is 1. The number of fused-ring (bicyclic) bond motifs is 1. The van der Waals surface area contributed by atoms with Gasteiger partial charge in [-0.15, -0.1) is 0 Å². The SMILES string of the molecule is Cc1ccc(C)n1-c1ccccc1NC(=O)C(=O)c1c[nH]c2ccccc12. The number of aromatic nitrogens is 2. The molecule has 0 unspecified atom stereocenters. The molecule has 0 spiro atoms. The third kappa shape index (κ3) is 2.93. The largest absolute Gasteiger partial charge is 0.360 e. The second-order valence-electron chi connectivity index (χ2n) is 6.50. The van der Waals surface area contributed by atoms with Gasteiger partial charge in [0.1, 0.15) is 0 Å². The summed E-state index contributed by atoms with van der Waals surface area (Å²) in [5.74, 6) is -1.22. The van der Waals surface area contributed by atoms with E-state index in [4.69, 9.17) is 0 Å². The van der Waals surface area contributed by atoms with Gasteiger partial charge in [-0.25, -0.2) is 0 Å². The summed E-state index contributed by atoms with van der Waals surface area (Å²) in [5, 5.41) is 3.52. The monoisotopic (exact) mass is 357 g/mol. The predicted molar refractivity (Wildman–Crippen MR) is 107 cm³/mol. The van der Waals surface area contributed by atoms with Crippen molar-refractivity contribution in [3.8, 4) is 5.69 Å². The summed E-state index contributed by atoms with van der Waals surface area (Å²) in [6.07, 6.45) is 1.58. The Labute approximate surface area is 156 Å². The zero-order chi connectivity index (χ0) is 19.0. The van der Waals surface area contributed by atoms with Crippen molar-refractivity contribution in [2.45, 2.75) is 13.8 Å². The van der Waals surface area contributed by atoms with E-state index in [2.05, 4.69) is 10.3 Å². The van der Waals surface area contributed by atoms with Gasteiger partial charge >= 0.3 is 0 Å². The molecule has 134 valence electrons. The van der Waals surface area contributed by atoms with Crippen LogP contribution >= 0.6 is 0 Å². The Kier molecular flexibility index (Phi) is 4.12. The number of benzene rings is 2. The number of H-pyrrole nitrogens is 1. The molecule has 2 aromatic carbocycles. The van der Waals surface area contributed by atoms with Crippen molar-refractivity contribution in [2.24, 2.45) is 0 Å². The first-order valence-electron chi connectivity index (χ1n) is 8.72. The van der Waals surface area contributed by atoms with E-state index in [-0.39, 0.29) is 0 Å². The minimum atomic E-state index is -0.658. The van der Waals surface area contributed by atoms with Crippen LogP contribution in [-0.2, 0) is 4.79 Å². The zero-order valence-corrected chi connectivity index (χ0v) is 15.1. The van der Waals surface area contributed by atoms with Crippen LogP contribution in [0.5, 0.6) is 0 Å². The topological polar surface area (TPSA) is 66.9 Å². The van der Waals surface area contributed by atoms with Crippen molar-refractivity contribution in [1.29, 1.82) is 0 Å². The number of rotatable bonds is 4. The maximum absolute atomic E-state index is 12.7. The highest BCUT2D eigenvalue weighted by Crippen LogP contribution is 2.25. The Bertz CT molecular complexity index is 1150. The lowest BCUT2D eigenvalue weighted by Gasteiger charge is -2.15. The zero-order valence-electron chi connectivity index (χ0n) is 15.1. The molecule has 0 bridgehead atoms. The Balaban J connectivity index is 1.67. The second kappa shape index (κ2) is 6.61. The maximum Gasteiger partial charge on any atom is 0.296 e. The van der Waals surface area contributed by atoms with Gasteiger partial charge in [0.05, 0.1) is 16.9 Å². The number of carbonyl (C=O) groups excluding carboxylic acids is 2. The molecular formula is C22H19N3O2. The van der Waals surface area contributed by atoms with E-state index in [1.165, 1.54) is 0 Å². The minimum absolute atomic E-state index is 0.369. The quantitative estimate of drug-likeness (QED) is 0.420. The van der Waals surface area contributed by atoms with Gasteiger partial charge < -0.3 is 14.9 Å². The van der Waals surface area contributed by atoms with Crippen LogP contribution in [0.4, 0.5) is 5.69 Å². The van der Waals surface area contributed by atoms with Crippen molar-refractivity contribution in [3.05, 3.63) is 83.8 Å². The number of carbonyl (C=O) groups is 2. The second-order valence-corrected chi connectivity index (χ2v) is 6.50. The van der Waals surface area contributed by atoms with Crippen LogP contribution in [0, 0.1) is 13.8 Å². The van der Waals surface area contributed by atoms with E-state index in [1.807, 2.05) is 73.0 Å². The van der Waals surface area contributed by atoms with Crippen LogP contribution in [0.15, 0.2) is 66.9 Å². The minimum Gasteiger partial charge on any atom is -0.360 e. The van der Waals surface area contributed by atoms with E-state index < -0.39 is 11.7 Å². The Morgan fingerprint density at radius 1 is 0.889 bits per heavy atom. The molecule has 5 nitrogen and oxygen atoms in total. The standard InChI is InChI=1S/C22H19N3O2/c1-14-11-12-15(2)25(14)20-10-6-5-9-19(20)24-22(27)21(26)17-13-23-18-8-4-3-7-16(17)18/h3-13,23H,1-2H3,(H,24,27). The van der Waals surface area contributed by atoms with Crippen LogP contribution < -0.4 is 5.32 Å². The van der Waals surface area contributed by atoms with Crippen LogP contribution in [0.25, 0.3) is 16.6 Å². The number of aryl methyl sites for hydroxylation is 2. The molecule has 4 aromatic rings. The summed E-state index contributed by atoms with van der Waals surface area (Å²) in [6.45, 7) is 4.01. The van der Waals surface area contributed by atoms with Crippen molar-refractivity contribution in [3.63, 3.8) is 0 Å². The van der Waals surface area contributed by atoms with Crippen molar-refractivity contribution in [2.75, 3.05) is 5.32 Å². The summed E-state index contributed by atoms with van der Waals surface area (Å²) < 4.78 is 2.05. The van der Waals surface area contributed by atoms with E-state index in [0.717, 1.165) is 28.0 Å². The van der Waals surface area contributed by atoms with Gasteiger partial charge in [0, 0.05) is 28.5 Å². The van der Waals surface area contributed by atoms with Crippen LogP contribution in [0.2, 0.25) is 0 Å². The fourth-order valence-electron chi connectivity index (χ4n) is 3.38. The molecule has 2 N–H and O–H groups in total. The van der Waals surface area contributed by atoms with Gasteiger partial charge in [-0.1, -0.05) is 30.3 Å². The van der Waals surface area contributed by atoms with E-state index in [9.17, 15) is 9.59 Å². The third-order valence-corrected chi connectivity index (χ3v) is 4.70. The van der Waals surface area contributed by atoms with Crippen LogP contribution in [0.1, 0.15) is 21.7 Å². The van der Waals surface area contributed by atoms with Crippen molar-refractivity contribution < 1.29 is 9.59 Å². The number of nitrogens with one attached hydrogen (secondary N) is 2. The third-order valence-electron chi connectivity index (χ3n) is 4.70. The molecule has 0 atom stereocenters. The highest BCUT2D eigenvalue weighted by Gasteiger charge is 2.21. The van der Waals surface area contributed by atoms with Gasteiger partial charge in [0.2, 0.25) is 0 Å². The van der Waals surface area contributed by atoms with E-state index in [0.29, 0.717) is 11.3 Å². The van der Waals surface area contributed by atoms with Gasteiger partial charge in [-0.3, -0.25) is 9.59 Å². The average molecular weight is 357 g/mol. The fraction of sp³-hybridized carbons (Fsp3) is 0.0909. The molecule has 2 aromatic heterocycles. The predicted octanol–water partition coefficient (Wildman–Crippen LogP) is 4.40. The van der Waals surface area contributed by atoms with Gasteiger partial charge in [0.15, 0.2) is 0 Å². The molecule has 0 fully saturated rings. The lowest BCUT2D eigenvalue weighted by molar-refractivity contribution is -0.112. The molecule has 0 radical (unpaired) electrons. The number of hydrogen-bond donors (Lipinski definition) is 2. The molecule has 27 heavy (non-hydrogen) atoms. The first-order chi connectivity index (χ1) is 13.1. The molecule has 2 heterocycles. The lowest BCUT2D eigenvalue weighted by Crippen LogP contribution is -2.23. The number of Topliss-reactive ketones (excluding diaryl/α,β-unsaturated/α-hetero) is 1. The molecule has 0 saturated heterocycles. The summed E-state index contributed by atoms with van der Waals surface area (Å²) in [6, 6.07) is 18.9. The van der Waals surface area contributed by atoms with E-state index >= 15 is 0 Å². The van der Waals surface area contributed by atoms with Gasteiger partial charge in [-0.05, 0) is 44.2 Å². The molecule has 0 saturated carbocycles. The van der Waals surface area contributed by atoms with Crippen molar-refractivity contribution in [1.82, 2.24) is 9.55 Å². The Hall–Kier alpha value is -3.60. The number of aromatic amines is 1. The number of para-hydroxylation sites is 3. The Morgan fingerprint density at radius 2 is 1.56 bits per heavy atom. The number of hydrogen-bond acceptors (Lipinski definition) is 2. The molecular weight excluding hydrogens is 338 g/mol. The van der Waals surface area contributed by atoms with Gasteiger partial charge in [0.25, 0.3) is 11.7 Å². The molecule has 0 aliphatic heterocycles. The normalized spacial score (nSPS) is 10.9. The lowest BCUT2D eigenvalue weighted by atomic mass is 10.1. The summed E-state index contributed by atoms with van der Waals surface area (Å²) >= 11 is 0. The summed E-state index contributed by atoms with van der Waals surface area (Å²) in [7, 11) is 0. The summed E-state index contributed by atoms with van der Waals surface area (Å²) in [5.41, 5.74) is 4.73. The van der Waals surface area contributed by atoms with Crippen LogP contribution in [0.3, 0.4) is 0 Å². The first-order valence-corrected chi connectivity index (χ1v) is 8.72. The Morgan fingerprint density at radius 3 is 2.33 bits per heavy atom. The number of nitrogens with zero attached hydrogens (tertiary/aromatic N) is 1. The first kappa shape index (κ1) is 16.8. The molecule has 0 aliphatic rings. The maximum atomic E-state index is 12.7. The smallest absolute Gasteiger partial charge is 0.296 e. The van der Waals surface area contributed by atoms with Crippen LogP contribution in [-0.4, -0.2) is 21.2 Å². The average Bonchev–Trinajstić information content (AvgIpc) is 3.25. The fourth-order valence-corrected chi connectivity index (χ4v) is 3.38. The number of anilines is 1. The molecule has 0 aliphatic carbocycles.